The van der Waals surface area contributed by atoms with Crippen LogP contribution in [0.5, 0.6) is 0 Å². The van der Waals surface area contributed by atoms with Crippen molar-refractivity contribution in [3.63, 3.8) is 0 Å². The number of hydrogen-bond acceptors (Lipinski definition) is 4. The summed E-state index contributed by atoms with van der Waals surface area (Å²) >= 11 is 0. The van der Waals surface area contributed by atoms with Crippen LogP contribution in [0.2, 0.25) is 0 Å². The molecule has 1 aliphatic rings. The normalized spacial score (nSPS) is 20.1. The Labute approximate surface area is 121 Å². The molecule has 1 aromatic rings. The van der Waals surface area contributed by atoms with Gasteiger partial charge in [-0.2, -0.15) is 0 Å². The maximum absolute atomic E-state index is 12.0. The molecule has 1 aliphatic heterocycles. The lowest BCUT2D eigenvalue weighted by Crippen LogP contribution is -2.49. The van der Waals surface area contributed by atoms with Gasteiger partial charge in [-0.05, 0) is 37.6 Å². The largest absolute Gasteiger partial charge is 0.369 e. The van der Waals surface area contributed by atoms with Crippen LogP contribution in [-0.2, 0) is 10.0 Å². The summed E-state index contributed by atoms with van der Waals surface area (Å²) in [5.41, 5.74) is 1.08. The predicted octanol–water partition coefficient (Wildman–Crippen LogP) is 1.17. The lowest BCUT2D eigenvalue weighted by atomic mass is 10.2. The minimum absolute atomic E-state index is 0.331. The SMILES string of the molecule is CCCNS(=O)(=O)c1ccc(N2CCNC(C)C2)cc1. The van der Waals surface area contributed by atoms with E-state index in [1.807, 2.05) is 19.1 Å². The highest BCUT2D eigenvalue weighted by molar-refractivity contribution is 7.89. The van der Waals surface area contributed by atoms with Crippen LogP contribution in [0.1, 0.15) is 20.3 Å². The summed E-state index contributed by atoms with van der Waals surface area (Å²) in [5.74, 6) is 0. The molecule has 0 aromatic heterocycles. The first-order chi connectivity index (χ1) is 9.53. The number of nitrogens with zero attached hydrogens (tertiary/aromatic N) is 1. The molecule has 0 bridgehead atoms. The molecule has 1 fully saturated rings. The van der Waals surface area contributed by atoms with Gasteiger partial charge in [0, 0.05) is 37.9 Å². The highest BCUT2D eigenvalue weighted by Gasteiger charge is 2.17. The second kappa shape index (κ2) is 6.56. The molecule has 0 aliphatic carbocycles. The summed E-state index contributed by atoms with van der Waals surface area (Å²) in [6, 6.07) is 7.59. The highest BCUT2D eigenvalue weighted by atomic mass is 32.2. The van der Waals surface area contributed by atoms with Crippen molar-refractivity contribution in [2.45, 2.75) is 31.2 Å². The molecule has 0 spiro atoms. The molecule has 1 saturated heterocycles. The number of anilines is 1. The average Bonchev–Trinajstić information content (AvgIpc) is 2.45. The summed E-state index contributed by atoms with van der Waals surface area (Å²) in [5, 5.41) is 3.39. The lowest BCUT2D eigenvalue weighted by Gasteiger charge is -2.33. The second-order valence-electron chi connectivity index (χ2n) is 5.19. The number of sulfonamides is 1. The number of nitrogens with one attached hydrogen (secondary N) is 2. The van der Waals surface area contributed by atoms with Gasteiger partial charge >= 0.3 is 0 Å². The van der Waals surface area contributed by atoms with Gasteiger partial charge in [0.2, 0.25) is 10.0 Å². The van der Waals surface area contributed by atoms with E-state index in [4.69, 9.17) is 0 Å². The van der Waals surface area contributed by atoms with Crippen molar-refractivity contribution < 1.29 is 8.42 Å². The monoisotopic (exact) mass is 297 g/mol. The topological polar surface area (TPSA) is 61.4 Å². The van der Waals surface area contributed by atoms with Gasteiger partial charge in [0.05, 0.1) is 4.90 Å². The minimum atomic E-state index is -3.36. The van der Waals surface area contributed by atoms with Gasteiger partial charge < -0.3 is 10.2 Å². The quantitative estimate of drug-likeness (QED) is 0.856. The molecule has 0 amide bonds. The zero-order chi connectivity index (χ0) is 14.6. The Morgan fingerprint density at radius 2 is 2.05 bits per heavy atom. The van der Waals surface area contributed by atoms with E-state index in [2.05, 4.69) is 21.9 Å². The van der Waals surface area contributed by atoms with E-state index in [1.165, 1.54) is 0 Å². The third-order valence-electron chi connectivity index (χ3n) is 3.42. The van der Waals surface area contributed by atoms with E-state index < -0.39 is 10.0 Å². The predicted molar refractivity (Wildman–Crippen MR) is 81.6 cm³/mol. The van der Waals surface area contributed by atoms with Crippen LogP contribution >= 0.6 is 0 Å². The van der Waals surface area contributed by atoms with Gasteiger partial charge in [-0.15, -0.1) is 0 Å². The van der Waals surface area contributed by atoms with Gasteiger partial charge in [0.1, 0.15) is 0 Å². The van der Waals surface area contributed by atoms with Gasteiger partial charge in [-0.3, -0.25) is 0 Å². The van der Waals surface area contributed by atoms with E-state index in [9.17, 15) is 8.42 Å². The Kier molecular flexibility index (Phi) is 5.01. The minimum Gasteiger partial charge on any atom is -0.369 e. The van der Waals surface area contributed by atoms with Crippen molar-refractivity contribution in [3.8, 4) is 0 Å². The molecule has 0 saturated carbocycles. The van der Waals surface area contributed by atoms with Crippen molar-refractivity contribution >= 4 is 15.7 Å². The van der Waals surface area contributed by atoms with Crippen molar-refractivity contribution in [3.05, 3.63) is 24.3 Å². The summed E-state index contributed by atoms with van der Waals surface area (Å²) in [4.78, 5) is 2.61. The molecule has 1 unspecified atom stereocenters. The maximum Gasteiger partial charge on any atom is 0.240 e. The summed E-state index contributed by atoms with van der Waals surface area (Å²) < 4.78 is 26.6. The van der Waals surface area contributed by atoms with Crippen LogP contribution in [0, 0.1) is 0 Å². The van der Waals surface area contributed by atoms with Crippen LogP contribution < -0.4 is 14.9 Å². The number of benzene rings is 1. The molecule has 6 heteroatoms. The zero-order valence-corrected chi connectivity index (χ0v) is 12.9. The van der Waals surface area contributed by atoms with Gasteiger partial charge in [-0.1, -0.05) is 6.92 Å². The van der Waals surface area contributed by atoms with Crippen LogP contribution in [0.4, 0.5) is 5.69 Å². The van der Waals surface area contributed by atoms with Crippen molar-refractivity contribution in [1.29, 1.82) is 0 Å². The molecule has 1 aromatic carbocycles. The Bertz CT molecular complexity index is 528. The van der Waals surface area contributed by atoms with E-state index in [1.54, 1.807) is 12.1 Å². The van der Waals surface area contributed by atoms with E-state index in [0.29, 0.717) is 17.5 Å². The Morgan fingerprint density at radius 1 is 1.35 bits per heavy atom. The van der Waals surface area contributed by atoms with E-state index in [0.717, 1.165) is 31.7 Å². The second-order valence-corrected chi connectivity index (χ2v) is 6.96. The van der Waals surface area contributed by atoms with Crippen molar-refractivity contribution in [2.24, 2.45) is 0 Å². The lowest BCUT2D eigenvalue weighted by molar-refractivity contribution is 0.485. The molecule has 0 radical (unpaired) electrons. The molecular weight excluding hydrogens is 274 g/mol. The third-order valence-corrected chi connectivity index (χ3v) is 4.90. The first-order valence-electron chi connectivity index (χ1n) is 7.11. The Hall–Kier alpha value is -1.11. The van der Waals surface area contributed by atoms with Crippen molar-refractivity contribution in [2.75, 3.05) is 31.1 Å². The molecule has 2 N–H and O–H groups in total. The van der Waals surface area contributed by atoms with Crippen molar-refractivity contribution in [1.82, 2.24) is 10.0 Å². The Balaban J connectivity index is 2.10. The summed E-state index contributed by atoms with van der Waals surface area (Å²) in [6.07, 6.45) is 0.788. The fourth-order valence-electron chi connectivity index (χ4n) is 2.32. The molecule has 1 heterocycles. The molecular formula is C14H23N3O2S. The van der Waals surface area contributed by atoms with Crippen LogP contribution in [0.25, 0.3) is 0 Å². The van der Waals surface area contributed by atoms with Gasteiger partial charge in [0.15, 0.2) is 0 Å². The first kappa shape index (κ1) is 15.3. The van der Waals surface area contributed by atoms with Gasteiger partial charge in [0.25, 0.3) is 0 Å². The zero-order valence-electron chi connectivity index (χ0n) is 12.1. The van der Waals surface area contributed by atoms with E-state index in [-0.39, 0.29) is 0 Å². The number of piperazine rings is 1. The number of rotatable bonds is 5. The van der Waals surface area contributed by atoms with Crippen LogP contribution in [-0.4, -0.2) is 40.6 Å². The molecule has 1 atom stereocenters. The number of hydrogen-bond donors (Lipinski definition) is 2. The molecule has 5 nitrogen and oxygen atoms in total. The van der Waals surface area contributed by atoms with Crippen LogP contribution in [0.3, 0.4) is 0 Å². The first-order valence-corrected chi connectivity index (χ1v) is 8.59. The third kappa shape index (κ3) is 3.71. The Morgan fingerprint density at radius 3 is 2.65 bits per heavy atom. The molecule has 2 rings (SSSR count). The molecule has 20 heavy (non-hydrogen) atoms. The fraction of sp³-hybridized carbons (Fsp3) is 0.571. The van der Waals surface area contributed by atoms with Crippen LogP contribution in [0.15, 0.2) is 29.2 Å². The summed E-state index contributed by atoms with van der Waals surface area (Å²) in [6.45, 7) is 7.42. The van der Waals surface area contributed by atoms with Gasteiger partial charge in [-0.25, -0.2) is 13.1 Å². The van der Waals surface area contributed by atoms with E-state index >= 15 is 0 Å². The average molecular weight is 297 g/mol. The molecule has 112 valence electrons. The highest BCUT2D eigenvalue weighted by Crippen LogP contribution is 2.19. The fourth-order valence-corrected chi connectivity index (χ4v) is 3.46. The smallest absolute Gasteiger partial charge is 0.240 e. The standard InChI is InChI=1S/C14H23N3O2S/c1-3-8-16-20(18,19)14-6-4-13(5-7-14)17-10-9-15-12(2)11-17/h4-7,12,15-16H,3,8-11H2,1-2H3. The maximum atomic E-state index is 12.0. The summed E-state index contributed by atoms with van der Waals surface area (Å²) in [7, 11) is -3.36.